The van der Waals surface area contributed by atoms with Crippen molar-refractivity contribution >= 4 is 17.6 Å². The first kappa shape index (κ1) is 20.2. The summed E-state index contributed by atoms with van der Waals surface area (Å²) in [6.07, 6.45) is -5.81. The lowest BCUT2D eigenvalue weighted by Gasteiger charge is -2.15. The highest BCUT2D eigenvalue weighted by molar-refractivity contribution is 5.95. The molecule has 0 heterocycles. The fourth-order valence-corrected chi connectivity index (χ4v) is 1.97. The van der Waals surface area contributed by atoms with Gasteiger partial charge in [-0.3, -0.25) is 4.79 Å². The van der Waals surface area contributed by atoms with E-state index in [0.717, 1.165) is 30.3 Å². The van der Waals surface area contributed by atoms with Crippen molar-refractivity contribution in [2.24, 2.45) is 0 Å². The summed E-state index contributed by atoms with van der Waals surface area (Å²) in [5.41, 5.74) is -1.00. The lowest BCUT2D eigenvalue weighted by molar-refractivity contribution is -0.155. The molecule has 1 amide bonds. The Balaban J connectivity index is 1.86. The van der Waals surface area contributed by atoms with E-state index >= 15 is 0 Å². The van der Waals surface area contributed by atoms with Crippen molar-refractivity contribution in [2.75, 3.05) is 11.9 Å². The molecule has 0 saturated carbocycles. The topological polar surface area (TPSA) is 64.6 Å². The maximum Gasteiger partial charge on any atom is 0.416 e. The second-order valence-electron chi connectivity index (χ2n) is 5.44. The van der Waals surface area contributed by atoms with Crippen LogP contribution in [0.4, 0.5) is 23.2 Å². The molecule has 0 aliphatic heterocycles. The number of anilines is 1. The molecule has 0 bridgehead atoms. The van der Waals surface area contributed by atoms with Crippen LogP contribution in [-0.2, 0) is 20.5 Å². The van der Waals surface area contributed by atoms with E-state index in [4.69, 9.17) is 9.47 Å². The summed E-state index contributed by atoms with van der Waals surface area (Å²) in [4.78, 5) is 23.7. The van der Waals surface area contributed by atoms with Gasteiger partial charge in [0.25, 0.3) is 5.91 Å². The molecule has 9 heteroatoms. The minimum absolute atomic E-state index is 0.0831. The molecule has 27 heavy (non-hydrogen) atoms. The molecule has 2 rings (SSSR count). The lowest BCUT2D eigenvalue weighted by Crippen LogP contribution is -2.31. The van der Waals surface area contributed by atoms with Gasteiger partial charge in [-0.1, -0.05) is 6.07 Å². The standard InChI is InChI=1S/C18H15F4NO4/c1-11(27-16(24)10-26-15-7-5-13(19)6-8-15)17(25)23-14-4-2-3-12(9-14)18(20,21)22/h2-9,11H,10H2,1H3,(H,23,25)/t11-/m1/s1. The highest BCUT2D eigenvalue weighted by Crippen LogP contribution is 2.30. The van der Waals surface area contributed by atoms with E-state index in [2.05, 4.69) is 5.32 Å². The average Bonchev–Trinajstić information content (AvgIpc) is 2.60. The van der Waals surface area contributed by atoms with Gasteiger partial charge in [-0.25, -0.2) is 9.18 Å². The maximum atomic E-state index is 12.8. The maximum absolute atomic E-state index is 12.8. The van der Waals surface area contributed by atoms with Crippen molar-refractivity contribution in [2.45, 2.75) is 19.2 Å². The Hall–Kier alpha value is -3.10. The minimum Gasteiger partial charge on any atom is -0.482 e. The van der Waals surface area contributed by atoms with Crippen LogP contribution in [0.3, 0.4) is 0 Å². The van der Waals surface area contributed by atoms with Crippen molar-refractivity contribution in [3.05, 3.63) is 59.9 Å². The number of hydrogen-bond acceptors (Lipinski definition) is 4. The molecule has 0 aliphatic rings. The van der Waals surface area contributed by atoms with Crippen LogP contribution in [0.25, 0.3) is 0 Å². The van der Waals surface area contributed by atoms with Gasteiger partial charge in [-0.05, 0) is 49.4 Å². The number of carbonyl (C=O) groups is 2. The van der Waals surface area contributed by atoms with Gasteiger partial charge < -0.3 is 14.8 Å². The summed E-state index contributed by atoms with van der Waals surface area (Å²) in [7, 11) is 0. The van der Waals surface area contributed by atoms with Crippen molar-refractivity contribution in [1.29, 1.82) is 0 Å². The van der Waals surface area contributed by atoms with Crippen LogP contribution in [0.15, 0.2) is 48.5 Å². The van der Waals surface area contributed by atoms with E-state index < -0.39 is 42.1 Å². The monoisotopic (exact) mass is 385 g/mol. The number of carbonyl (C=O) groups excluding carboxylic acids is 2. The third-order valence-electron chi connectivity index (χ3n) is 3.31. The van der Waals surface area contributed by atoms with E-state index in [1.165, 1.54) is 25.1 Å². The van der Waals surface area contributed by atoms with E-state index in [1.807, 2.05) is 0 Å². The molecular formula is C18H15F4NO4. The molecule has 1 atom stereocenters. The number of amides is 1. The molecule has 0 aliphatic carbocycles. The van der Waals surface area contributed by atoms with Gasteiger partial charge in [0.05, 0.1) is 5.56 Å². The molecule has 0 fully saturated rings. The highest BCUT2D eigenvalue weighted by Gasteiger charge is 2.30. The second kappa shape index (κ2) is 8.52. The molecule has 144 valence electrons. The van der Waals surface area contributed by atoms with Gasteiger partial charge in [-0.15, -0.1) is 0 Å². The first-order chi connectivity index (χ1) is 12.6. The lowest BCUT2D eigenvalue weighted by atomic mass is 10.2. The van der Waals surface area contributed by atoms with Gasteiger partial charge in [0.1, 0.15) is 11.6 Å². The first-order valence-corrected chi connectivity index (χ1v) is 7.71. The predicted molar refractivity (Wildman–Crippen MR) is 87.5 cm³/mol. The van der Waals surface area contributed by atoms with Crippen molar-refractivity contribution in [3.8, 4) is 5.75 Å². The van der Waals surface area contributed by atoms with Crippen LogP contribution >= 0.6 is 0 Å². The van der Waals surface area contributed by atoms with Crippen LogP contribution < -0.4 is 10.1 Å². The van der Waals surface area contributed by atoms with Crippen LogP contribution in [0.1, 0.15) is 12.5 Å². The quantitative estimate of drug-likeness (QED) is 0.607. The molecule has 1 N–H and O–H groups in total. The van der Waals surface area contributed by atoms with Crippen molar-refractivity contribution in [3.63, 3.8) is 0 Å². The number of benzene rings is 2. The number of halogens is 4. The zero-order chi connectivity index (χ0) is 20.0. The molecule has 0 spiro atoms. The predicted octanol–water partition coefficient (Wildman–Crippen LogP) is 3.79. The third-order valence-corrected chi connectivity index (χ3v) is 3.31. The van der Waals surface area contributed by atoms with Gasteiger partial charge in [-0.2, -0.15) is 13.2 Å². The Labute approximate surface area is 151 Å². The number of hydrogen-bond donors (Lipinski definition) is 1. The summed E-state index contributed by atoms with van der Waals surface area (Å²) >= 11 is 0. The molecule has 0 aromatic heterocycles. The minimum atomic E-state index is -4.55. The van der Waals surface area contributed by atoms with Crippen LogP contribution in [0.2, 0.25) is 0 Å². The molecule has 2 aromatic rings. The summed E-state index contributed by atoms with van der Waals surface area (Å²) in [6.45, 7) is 0.742. The summed E-state index contributed by atoms with van der Waals surface area (Å²) in [5, 5.41) is 2.24. The zero-order valence-electron chi connectivity index (χ0n) is 14.0. The van der Waals surface area contributed by atoms with E-state index in [9.17, 15) is 27.2 Å². The molecular weight excluding hydrogens is 370 g/mol. The second-order valence-corrected chi connectivity index (χ2v) is 5.44. The normalized spacial score (nSPS) is 12.2. The van der Waals surface area contributed by atoms with E-state index in [0.29, 0.717) is 0 Å². The van der Waals surface area contributed by atoms with Crippen molar-refractivity contribution < 1.29 is 36.6 Å². The number of alkyl halides is 3. The molecule has 2 aromatic carbocycles. The molecule has 5 nitrogen and oxygen atoms in total. The summed E-state index contributed by atoms with van der Waals surface area (Å²) in [6, 6.07) is 8.97. The van der Waals surface area contributed by atoms with Gasteiger partial charge in [0, 0.05) is 5.69 Å². The number of esters is 1. The largest absolute Gasteiger partial charge is 0.482 e. The number of ether oxygens (including phenoxy) is 2. The van der Waals surface area contributed by atoms with Crippen LogP contribution in [0.5, 0.6) is 5.75 Å². The zero-order valence-corrected chi connectivity index (χ0v) is 14.0. The van der Waals surface area contributed by atoms with Crippen LogP contribution in [0, 0.1) is 5.82 Å². The molecule has 0 unspecified atom stereocenters. The van der Waals surface area contributed by atoms with E-state index in [-0.39, 0.29) is 11.4 Å². The average molecular weight is 385 g/mol. The Bertz CT molecular complexity index is 806. The first-order valence-electron chi connectivity index (χ1n) is 7.71. The van der Waals surface area contributed by atoms with Crippen LogP contribution in [-0.4, -0.2) is 24.6 Å². The molecule has 0 radical (unpaired) electrons. The highest BCUT2D eigenvalue weighted by atomic mass is 19.4. The van der Waals surface area contributed by atoms with Gasteiger partial charge in [0.2, 0.25) is 0 Å². The SMILES string of the molecule is C[C@@H](OC(=O)COc1ccc(F)cc1)C(=O)Nc1cccc(C(F)(F)F)c1. The Morgan fingerprint density at radius 1 is 1.11 bits per heavy atom. The van der Waals surface area contributed by atoms with Gasteiger partial charge >= 0.3 is 12.1 Å². The third kappa shape index (κ3) is 6.28. The van der Waals surface area contributed by atoms with Crippen molar-refractivity contribution in [1.82, 2.24) is 0 Å². The fourth-order valence-electron chi connectivity index (χ4n) is 1.97. The Kier molecular flexibility index (Phi) is 6.38. The smallest absolute Gasteiger partial charge is 0.416 e. The fraction of sp³-hybridized carbons (Fsp3) is 0.222. The Morgan fingerprint density at radius 2 is 1.78 bits per heavy atom. The summed E-state index contributed by atoms with van der Waals surface area (Å²) < 4.78 is 60.7. The number of rotatable bonds is 6. The van der Waals surface area contributed by atoms with Gasteiger partial charge in [0.15, 0.2) is 12.7 Å². The molecule has 0 saturated heterocycles. The summed E-state index contributed by atoms with van der Waals surface area (Å²) in [5.74, 6) is -1.91. The van der Waals surface area contributed by atoms with E-state index in [1.54, 1.807) is 0 Å². The Morgan fingerprint density at radius 3 is 2.41 bits per heavy atom. The number of nitrogens with one attached hydrogen (secondary N) is 1.